The molecule has 0 aliphatic heterocycles. The van der Waals surface area contributed by atoms with Crippen molar-refractivity contribution in [3.05, 3.63) is 91.6 Å². The van der Waals surface area contributed by atoms with Gasteiger partial charge in [-0.05, 0) is 65.2 Å². The molecular formula is C24H20N6O2S. The monoisotopic (exact) mass is 456 g/mol. The van der Waals surface area contributed by atoms with Crippen LogP contribution < -0.4 is 10.5 Å². The van der Waals surface area contributed by atoms with Crippen LogP contribution in [0.5, 0.6) is 0 Å². The molecule has 0 aliphatic carbocycles. The summed E-state index contributed by atoms with van der Waals surface area (Å²) >= 11 is 0. The predicted molar refractivity (Wildman–Crippen MR) is 130 cm³/mol. The predicted octanol–water partition coefficient (Wildman–Crippen LogP) is 3.65. The summed E-state index contributed by atoms with van der Waals surface area (Å²) in [5, 5.41) is 1.00. The summed E-state index contributed by atoms with van der Waals surface area (Å²) in [5.41, 5.74) is 10.8. The number of pyridine rings is 4. The van der Waals surface area contributed by atoms with E-state index in [-0.39, 0.29) is 11.3 Å². The van der Waals surface area contributed by atoms with Crippen LogP contribution in [0.4, 0.5) is 11.6 Å². The molecule has 0 amide bonds. The number of hydrogen-bond acceptors (Lipinski definition) is 6. The number of fused-ring (bicyclic) bond motifs is 1. The third-order valence-corrected chi connectivity index (χ3v) is 6.13. The summed E-state index contributed by atoms with van der Waals surface area (Å²) in [6.45, 7) is 0. The molecule has 0 spiro atoms. The van der Waals surface area contributed by atoms with E-state index in [0.717, 1.165) is 33.2 Å². The zero-order valence-corrected chi connectivity index (χ0v) is 18.2. The average molecular weight is 457 g/mol. The molecule has 4 heterocycles. The zero-order valence-electron chi connectivity index (χ0n) is 17.3. The first-order valence-electron chi connectivity index (χ1n) is 9.83. The number of nitrogens with one attached hydrogen (secondary N) is 1. The van der Waals surface area contributed by atoms with Crippen LogP contribution >= 0.6 is 0 Å². The summed E-state index contributed by atoms with van der Waals surface area (Å²) in [6, 6.07) is 19.1. The van der Waals surface area contributed by atoms with E-state index in [4.69, 9.17) is 5.73 Å². The topological polar surface area (TPSA) is 138 Å². The Kier molecular flexibility index (Phi) is 6.34. The number of rotatable bonds is 5. The fraction of sp³-hybridized carbons (Fsp3) is 0. The van der Waals surface area contributed by atoms with Gasteiger partial charge in [0, 0.05) is 41.9 Å². The van der Waals surface area contributed by atoms with E-state index < -0.39 is 11.0 Å². The van der Waals surface area contributed by atoms with Gasteiger partial charge in [-0.3, -0.25) is 14.7 Å². The van der Waals surface area contributed by atoms with Crippen LogP contribution in [0.25, 0.3) is 33.2 Å². The standard InChI is InChI=1S/C24H18N6OS.H2O/c25-24-22(32(31)30-23-3-1-2-9-28-23)14-18(15-29-24)17-4-5-21-20(13-17)19(8-12-27-21)16-6-10-26-11-7-16;/h1-15H,(H2,25,29)(H,28,30);1H2. The van der Waals surface area contributed by atoms with Crippen molar-refractivity contribution in [2.45, 2.75) is 4.90 Å². The van der Waals surface area contributed by atoms with Crippen LogP contribution in [0.3, 0.4) is 0 Å². The largest absolute Gasteiger partial charge is 0.412 e. The smallest absolute Gasteiger partial charge is 0.155 e. The molecule has 8 nitrogen and oxygen atoms in total. The van der Waals surface area contributed by atoms with Crippen molar-refractivity contribution in [2.24, 2.45) is 0 Å². The highest BCUT2D eigenvalue weighted by Gasteiger charge is 2.13. The summed E-state index contributed by atoms with van der Waals surface area (Å²) < 4.78 is 15.8. The van der Waals surface area contributed by atoms with Gasteiger partial charge in [-0.15, -0.1) is 0 Å². The Morgan fingerprint density at radius 1 is 0.788 bits per heavy atom. The van der Waals surface area contributed by atoms with E-state index in [9.17, 15) is 4.21 Å². The average Bonchev–Trinajstić information content (AvgIpc) is 2.85. The zero-order chi connectivity index (χ0) is 21.9. The number of anilines is 2. The summed E-state index contributed by atoms with van der Waals surface area (Å²) in [5.74, 6) is 0.699. The SMILES string of the molecule is Nc1ncc(-c2ccc3nccc(-c4ccncc4)c3c2)cc1S(=O)Nc1ccccn1.O. The van der Waals surface area contributed by atoms with E-state index in [1.165, 1.54) is 0 Å². The van der Waals surface area contributed by atoms with Crippen LogP contribution in [0.2, 0.25) is 0 Å². The molecule has 5 rings (SSSR count). The lowest BCUT2D eigenvalue weighted by Crippen LogP contribution is -2.09. The lowest BCUT2D eigenvalue weighted by molar-refractivity contribution is 0.686. The molecule has 0 fully saturated rings. The number of aromatic nitrogens is 4. The second kappa shape index (κ2) is 9.51. The highest BCUT2D eigenvalue weighted by atomic mass is 32.2. The molecule has 33 heavy (non-hydrogen) atoms. The first-order valence-corrected chi connectivity index (χ1v) is 11.0. The van der Waals surface area contributed by atoms with Crippen LogP contribution in [0.1, 0.15) is 0 Å². The van der Waals surface area contributed by atoms with Gasteiger partial charge in [0.2, 0.25) is 0 Å². The molecule has 0 saturated heterocycles. The van der Waals surface area contributed by atoms with Gasteiger partial charge in [0.15, 0.2) is 11.0 Å². The highest BCUT2D eigenvalue weighted by Crippen LogP contribution is 2.32. The first kappa shape index (κ1) is 22.0. The molecule has 0 radical (unpaired) electrons. The maximum absolute atomic E-state index is 12.9. The molecule has 1 aromatic carbocycles. The van der Waals surface area contributed by atoms with Gasteiger partial charge < -0.3 is 11.2 Å². The third-order valence-electron chi connectivity index (χ3n) is 5.01. The second-order valence-electron chi connectivity index (χ2n) is 7.02. The molecule has 4 aromatic heterocycles. The van der Waals surface area contributed by atoms with E-state index >= 15 is 0 Å². The van der Waals surface area contributed by atoms with Gasteiger partial charge >= 0.3 is 0 Å². The van der Waals surface area contributed by atoms with Crippen molar-refractivity contribution in [1.29, 1.82) is 0 Å². The third kappa shape index (κ3) is 4.54. The molecule has 164 valence electrons. The first-order chi connectivity index (χ1) is 15.7. The number of hydrogen-bond donors (Lipinski definition) is 2. The van der Waals surface area contributed by atoms with Gasteiger partial charge in [0.05, 0.1) is 5.52 Å². The maximum Gasteiger partial charge on any atom is 0.155 e. The Morgan fingerprint density at radius 2 is 1.64 bits per heavy atom. The van der Waals surface area contributed by atoms with Crippen LogP contribution in [0, 0.1) is 0 Å². The quantitative estimate of drug-likeness (QED) is 0.414. The van der Waals surface area contributed by atoms with Crippen LogP contribution in [-0.4, -0.2) is 29.6 Å². The van der Waals surface area contributed by atoms with Gasteiger partial charge in [0.25, 0.3) is 0 Å². The van der Waals surface area contributed by atoms with Gasteiger partial charge in [-0.1, -0.05) is 12.1 Å². The van der Waals surface area contributed by atoms with Crippen LogP contribution in [0.15, 0.2) is 96.5 Å². The maximum atomic E-state index is 12.9. The number of nitrogens with two attached hydrogens (primary N) is 1. The van der Waals surface area contributed by atoms with Crippen LogP contribution in [-0.2, 0) is 11.0 Å². The molecule has 0 bridgehead atoms. The molecule has 9 heteroatoms. The van der Waals surface area contributed by atoms with E-state index in [0.29, 0.717) is 10.7 Å². The van der Waals surface area contributed by atoms with E-state index in [1.807, 2.05) is 36.4 Å². The molecule has 1 atom stereocenters. The summed E-state index contributed by atoms with van der Waals surface area (Å²) in [7, 11) is -1.61. The second-order valence-corrected chi connectivity index (χ2v) is 8.20. The lowest BCUT2D eigenvalue weighted by Gasteiger charge is -2.11. The van der Waals surface area contributed by atoms with Crippen molar-refractivity contribution >= 4 is 33.5 Å². The Balaban J connectivity index is 0.00000259. The molecule has 5 N–H and O–H groups in total. The van der Waals surface area contributed by atoms with Crippen molar-refractivity contribution in [3.8, 4) is 22.3 Å². The number of nitrogen functional groups attached to an aromatic ring is 1. The van der Waals surface area contributed by atoms with E-state index in [1.54, 1.807) is 49.2 Å². The van der Waals surface area contributed by atoms with Gasteiger partial charge in [0.1, 0.15) is 16.5 Å². The Morgan fingerprint density at radius 3 is 2.42 bits per heavy atom. The van der Waals surface area contributed by atoms with Gasteiger partial charge in [-0.2, -0.15) is 0 Å². The molecular weight excluding hydrogens is 436 g/mol. The fourth-order valence-electron chi connectivity index (χ4n) is 3.44. The Bertz CT molecular complexity index is 1430. The molecule has 0 saturated carbocycles. The number of benzene rings is 1. The van der Waals surface area contributed by atoms with Gasteiger partial charge in [-0.25, -0.2) is 14.2 Å². The highest BCUT2D eigenvalue weighted by molar-refractivity contribution is 7.86. The normalized spacial score (nSPS) is 11.5. The number of nitrogens with zero attached hydrogens (tertiary/aromatic N) is 4. The molecule has 5 aromatic rings. The van der Waals surface area contributed by atoms with Crippen molar-refractivity contribution in [1.82, 2.24) is 19.9 Å². The van der Waals surface area contributed by atoms with Crippen molar-refractivity contribution in [3.63, 3.8) is 0 Å². The lowest BCUT2D eigenvalue weighted by atomic mass is 9.98. The van der Waals surface area contributed by atoms with Crippen molar-refractivity contribution < 1.29 is 9.69 Å². The summed E-state index contributed by atoms with van der Waals surface area (Å²) in [6.07, 6.45) is 8.64. The Hall–Kier alpha value is -4.21. The fourth-order valence-corrected chi connectivity index (χ4v) is 4.34. The minimum absolute atomic E-state index is 0. The molecule has 1 unspecified atom stereocenters. The molecule has 0 aliphatic rings. The minimum Gasteiger partial charge on any atom is -0.412 e. The Labute approximate surface area is 192 Å². The van der Waals surface area contributed by atoms with E-state index in [2.05, 4.69) is 30.7 Å². The summed E-state index contributed by atoms with van der Waals surface area (Å²) in [4.78, 5) is 17.4. The minimum atomic E-state index is -1.61. The van der Waals surface area contributed by atoms with Crippen molar-refractivity contribution in [2.75, 3.05) is 10.5 Å².